The third-order valence-electron chi connectivity index (χ3n) is 3.86. The molecule has 0 bridgehead atoms. The summed E-state index contributed by atoms with van der Waals surface area (Å²) in [6, 6.07) is 11.8. The van der Waals surface area contributed by atoms with E-state index in [1.54, 1.807) is 47.4 Å². The first kappa shape index (κ1) is 18.8. The molecule has 0 heterocycles. The molecule has 0 fully saturated rings. The van der Waals surface area contributed by atoms with Crippen molar-refractivity contribution in [2.45, 2.75) is 13.8 Å². The number of ether oxygens (including phenoxy) is 1. The smallest absolute Gasteiger partial charge is 0.259 e. The van der Waals surface area contributed by atoms with Gasteiger partial charge >= 0.3 is 0 Å². The van der Waals surface area contributed by atoms with Gasteiger partial charge in [0.2, 0.25) is 0 Å². The summed E-state index contributed by atoms with van der Waals surface area (Å²) in [5.74, 6) is 0.0494. The van der Waals surface area contributed by atoms with Gasteiger partial charge in [-0.3, -0.25) is 9.59 Å². The van der Waals surface area contributed by atoms with Crippen molar-refractivity contribution in [2.24, 2.45) is 0 Å². The Morgan fingerprint density at radius 3 is 2.36 bits per heavy atom. The van der Waals surface area contributed by atoms with Crippen LogP contribution < -0.4 is 10.1 Å². The summed E-state index contributed by atoms with van der Waals surface area (Å²) in [6.45, 7) is 5.05. The van der Waals surface area contributed by atoms with Crippen LogP contribution in [-0.4, -0.2) is 36.9 Å². The zero-order chi connectivity index (χ0) is 18.4. The molecule has 0 radical (unpaired) electrons. The first-order chi connectivity index (χ1) is 12.0. The fourth-order valence-electron chi connectivity index (χ4n) is 2.48. The SMILES string of the molecule is CCN(CC)C(=O)c1ccc(NC(=O)c2ccccc2OC)cc1Cl. The maximum absolute atomic E-state index is 12.4. The number of hydrogen-bond acceptors (Lipinski definition) is 3. The summed E-state index contributed by atoms with van der Waals surface area (Å²) < 4.78 is 5.19. The standard InChI is InChI=1S/C19H21ClN2O3/c1-4-22(5-2)19(24)14-11-10-13(12-16(14)20)21-18(23)15-8-6-7-9-17(15)25-3/h6-12H,4-5H2,1-3H3,(H,21,23). The van der Waals surface area contributed by atoms with Crippen molar-refractivity contribution in [3.8, 4) is 5.75 Å². The van der Waals surface area contributed by atoms with Gasteiger partial charge in [0.25, 0.3) is 11.8 Å². The second-order valence-corrected chi connectivity index (χ2v) is 5.73. The summed E-state index contributed by atoms with van der Waals surface area (Å²) in [5, 5.41) is 3.07. The second-order valence-electron chi connectivity index (χ2n) is 5.33. The Kier molecular flexibility index (Phi) is 6.42. The van der Waals surface area contributed by atoms with Crippen molar-refractivity contribution in [1.82, 2.24) is 4.90 Å². The lowest BCUT2D eigenvalue weighted by Crippen LogP contribution is -2.30. The molecule has 0 unspecified atom stereocenters. The number of nitrogens with one attached hydrogen (secondary N) is 1. The number of hydrogen-bond donors (Lipinski definition) is 1. The number of anilines is 1. The summed E-state index contributed by atoms with van der Waals surface area (Å²) in [7, 11) is 1.51. The van der Waals surface area contributed by atoms with Gasteiger partial charge in [-0.05, 0) is 44.2 Å². The van der Waals surface area contributed by atoms with Crippen molar-refractivity contribution in [3.63, 3.8) is 0 Å². The van der Waals surface area contributed by atoms with E-state index in [0.717, 1.165) is 0 Å². The maximum atomic E-state index is 12.4. The number of nitrogens with zero attached hydrogens (tertiary/aromatic N) is 1. The lowest BCUT2D eigenvalue weighted by atomic mass is 10.1. The van der Waals surface area contributed by atoms with Gasteiger partial charge in [0.05, 0.1) is 23.3 Å². The molecule has 0 atom stereocenters. The van der Waals surface area contributed by atoms with Crippen LogP contribution in [-0.2, 0) is 0 Å². The zero-order valence-electron chi connectivity index (χ0n) is 14.5. The maximum Gasteiger partial charge on any atom is 0.259 e. The van der Waals surface area contributed by atoms with Gasteiger partial charge in [-0.25, -0.2) is 0 Å². The molecule has 6 heteroatoms. The van der Waals surface area contributed by atoms with Crippen LogP contribution in [0.5, 0.6) is 5.75 Å². The summed E-state index contributed by atoms with van der Waals surface area (Å²) in [4.78, 5) is 26.5. The number of halogens is 1. The quantitative estimate of drug-likeness (QED) is 0.844. The number of carbonyl (C=O) groups excluding carboxylic acids is 2. The van der Waals surface area contributed by atoms with E-state index in [1.165, 1.54) is 7.11 Å². The third-order valence-corrected chi connectivity index (χ3v) is 4.17. The van der Waals surface area contributed by atoms with Crippen LogP contribution in [0.3, 0.4) is 0 Å². The highest BCUT2D eigenvalue weighted by molar-refractivity contribution is 6.34. The fourth-order valence-corrected chi connectivity index (χ4v) is 2.74. The van der Waals surface area contributed by atoms with Crippen LogP contribution in [0.25, 0.3) is 0 Å². The minimum absolute atomic E-state index is 0.127. The van der Waals surface area contributed by atoms with E-state index in [1.807, 2.05) is 13.8 Å². The molecule has 5 nitrogen and oxygen atoms in total. The molecule has 0 aliphatic rings. The number of carbonyl (C=O) groups is 2. The van der Waals surface area contributed by atoms with Crippen LogP contribution in [0.15, 0.2) is 42.5 Å². The highest BCUT2D eigenvalue weighted by atomic mass is 35.5. The highest BCUT2D eigenvalue weighted by Crippen LogP contribution is 2.24. The molecular weight excluding hydrogens is 340 g/mol. The Balaban J connectivity index is 2.21. The van der Waals surface area contributed by atoms with E-state index in [-0.39, 0.29) is 11.8 Å². The molecule has 0 aromatic heterocycles. The van der Waals surface area contributed by atoms with Crippen LogP contribution in [0.1, 0.15) is 34.6 Å². The van der Waals surface area contributed by atoms with Crippen molar-refractivity contribution in [2.75, 3.05) is 25.5 Å². The monoisotopic (exact) mass is 360 g/mol. The van der Waals surface area contributed by atoms with Gasteiger partial charge in [0, 0.05) is 18.8 Å². The van der Waals surface area contributed by atoms with E-state index in [2.05, 4.69) is 5.32 Å². The number of amides is 2. The van der Waals surface area contributed by atoms with Gasteiger partial charge in [0.1, 0.15) is 5.75 Å². The largest absolute Gasteiger partial charge is 0.496 e. The second kappa shape index (κ2) is 8.53. The summed E-state index contributed by atoms with van der Waals surface area (Å²) >= 11 is 6.25. The average molecular weight is 361 g/mol. The van der Waals surface area contributed by atoms with Gasteiger partial charge in [-0.15, -0.1) is 0 Å². The molecule has 1 N–H and O–H groups in total. The van der Waals surface area contributed by atoms with E-state index in [4.69, 9.17) is 16.3 Å². The molecule has 2 rings (SSSR count). The molecule has 2 amide bonds. The van der Waals surface area contributed by atoms with Crippen LogP contribution >= 0.6 is 11.6 Å². The van der Waals surface area contributed by atoms with Crippen molar-refractivity contribution in [1.29, 1.82) is 0 Å². The average Bonchev–Trinajstić information content (AvgIpc) is 2.62. The third kappa shape index (κ3) is 4.31. The predicted octanol–water partition coefficient (Wildman–Crippen LogP) is 4.08. The lowest BCUT2D eigenvalue weighted by Gasteiger charge is -2.19. The molecular formula is C19H21ClN2O3. The molecule has 0 spiro atoms. The van der Waals surface area contributed by atoms with E-state index >= 15 is 0 Å². The molecule has 0 aliphatic heterocycles. The van der Waals surface area contributed by atoms with Crippen molar-refractivity contribution in [3.05, 3.63) is 58.6 Å². The molecule has 2 aromatic rings. The Morgan fingerprint density at radius 1 is 1.08 bits per heavy atom. The molecule has 0 aliphatic carbocycles. The normalized spacial score (nSPS) is 10.2. The number of para-hydroxylation sites is 1. The predicted molar refractivity (Wildman–Crippen MR) is 99.7 cm³/mol. The summed E-state index contributed by atoms with van der Waals surface area (Å²) in [6.07, 6.45) is 0. The lowest BCUT2D eigenvalue weighted by molar-refractivity contribution is 0.0773. The molecule has 0 saturated carbocycles. The first-order valence-electron chi connectivity index (χ1n) is 8.05. The molecule has 2 aromatic carbocycles. The number of benzene rings is 2. The van der Waals surface area contributed by atoms with Crippen LogP contribution in [0.2, 0.25) is 5.02 Å². The Labute approximate surface area is 152 Å². The fraction of sp³-hybridized carbons (Fsp3) is 0.263. The Morgan fingerprint density at radius 2 is 1.76 bits per heavy atom. The van der Waals surface area contributed by atoms with E-state index in [9.17, 15) is 9.59 Å². The van der Waals surface area contributed by atoms with Crippen LogP contribution in [0.4, 0.5) is 5.69 Å². The first-order valence-corrected chi connectivity index (χ1v) is 8.42. The topological polar surface area (TPSA) is 58.6 Å². The zero-order valence-corrected chi connectivity index (χ0v) is 15.3. The van der Waals surface area contributed by atoms with Crippen molar-refractivity contribution < 1.29 is 14.3 Å². The molecule has 132 valence electrons. The minimum atomic E-state index is -0.309. The molecule has 25 heavy (non-hydrogen) atoms. The Bertz CT molecular complexity index is 773. The van der Waals surface area contributed by atoms with E-state index < -0.39 is 0 Å². The minimum Gasteiger partial charge on any atom is -0.496 e. The van der Waals surface area contributed by atoms with Gasteiger partial charge in [0.15, 0.2) is 0 Å². The molecule has 0 saturated heterocycles. The summed E-state index contributed by atoms with van der Waals surface area (Å²) in [5.41, 5.74) is 1.35. The van der Waals surface area contributed by atoms with Crippen LogP contribution in [0, 0.1) is 0 Å². The van der Waals surface area contributed by atoms with Gasteiger partial charge < -0.3 is 15.0 Å². The number of methoxy groups -OCH3 is 1. The Hall–Kier alpha value is -2.53. The highest BCUT2D eigenvalue weighted by Gasteiger charge is 2.17. The van der Waals surface area contributed by atoms with E-state index in [0.29, 0.717) is 40.7 Å². The van der Waals surface area contributed by atoms with Crippen molar-refractivity contribution >= 4 is 29.1 Å². The number of rotatable bonds is 6. The van der Waals surface area contributed by atoms with Gasteiger partial charge in [-0.2, -0.15) is 0 Å². The van der Waals surface area contributed by atoms with Gasteiger partial charge in [-0.1, -0.05) is 23.7 Å².